The molecule has 1 saturated heterocycles. The van der Waals surface area contributed by atoms with Crippen LogP contribution in [0.3, 0.4) is 0 Å². The second-order valence-corrected chi connectivity index (χ2v) is 6.18. The van der Waals surface area contributed by atoms with E-state index in [0.717, 1.165) is 55.4 Å². The van der Waals surface area contributed by atoms with Crippen LogP contribution in [-0.2, 0) is 6.54 Å². The van der Waals surface area contributed by atoms with Crippen LogP contribution in [0.1, 0.15) is 34.4 Å². The summed E-state index contributed by atoms with van der Waals surface area (Å²) in [5.41, 5.74) is 2.93. The van der Waals surface area contributed by atoms with Gasteiger partial charge < -0.3 is 18.8 Å². The van der Waals surface area contributed by atoms with Gasteiger partial charge in [0.15, 0.2) is 0 Å². The number of hydrogen-bond acceptors (Lipinski definition) is 3. The zero-order chi connectivity index (χ0) is 16.4. The van der Waals surface area contributed by atoms with E-state index in [1.54, 1.807) is 6.26 Å². The molecule has 23 heavy (non-hydrogen) atoms. The zero-order valence-electron chi connectivity index (χ0n) is 14.2. The summed E-state index contributed by atoms with van der Waals surface area (Å²) in [7, 11) is 0. The van der Waals surface area contributed by atoms with E-state index in [0.29, 0.717) is 6.54 Å². The van der Waals surface area contributed by atoms with Crippen LogP contribution in [0, 0.1) is 13.8 Å². The van der Waals surface area contributed by atoms with Gasteiger partial charge in [0.2, 0.25) is 0 Å². The number of furan rings is 1. The second-order valence-electron chi connectivity index (χ2n) is 6.18. The standard InChI is InChI=1S/C18H25N3O2/c1-4-19-7-9-20(10-8-19)18(22)17-12-14(2)21(15(17)3)13-16-6-5-11-23-16/h5-6,11-12H,4,7-10,13H2,1-3H3. The highest BCUT2D eigenvalue weighted by Gasteiger charge is 2.24. The fraction of sp³-hybridized carbons (Fsp3) is 0.500. The maximum absolute atomic E-state index is 12.9. The van der Waals surface area contributed by atoms with Crippen molar-refractivity contribution in [1.82, 2.24) is 14.4 Å². The summed E-state index contributed by atoms with van der Waals surface area (Å²) in [5, 5.41) is 0. The fourth-order valence-corrected chi connectivity index (χ4v) is 3.26. The van der Waals surface area contributed by atoms with E-state index in [1.165, 1.54) is 0 Å². The van der Waals surface area contributed by atoms with Crippen molar-refractivity contribution in [2.24, 2.45) is 0 Å². The summed E-state index contributed by atoms with van der Waals surface area (Å²) >= 11 is 0. The Morgan fingerprint density at radius 2 is 1.96 bits per heavy atom. The summed E-state index contributed by atoms with van der Waals surface area (Å²) in [6.45, 7) is 11.5. The van der Waals surface area contributed by atoms with Crippen LogP contribution < -0.4 is 0 Å². The number of rotatable bonds is 4. The summed E-state index contributed by atoms with van der Waals surface area (Å²) in [6, 6.07) is 5.86. The Morgan fingerprint density at radius 1 is 1.22 bits per heavy atom. The van der Waals surface area contributed by atoms with Crippen LogP contribution in [0.2, 0.25) is 0 Å². The highest BCUT2D eigenvalue weighted by Crippen LogP contribution is 2.20. The third-order valence-electron chi connectivity index (χ3n) is 4.80. The molecule has 3 heterocycles. The van der Waals surface area contributed by atoms with Crippen molar-refractivity contribution in [2.45, 2.75) is 27.3 Å². The normalized spacial score (nSPS) is 16.0. The number of aromatic nitrogens is 1. The van der Waals surface area contributed by atoms with Gasteiger partial charge in [-0.25, -0.2) is 0 Å². The molecule has 124 valence electrons. The number of carbonyl (C=O) groups is 1. The van der Waals surface area contributed by atoms with Gasteiger partial charge in [0.1, 0.15) is 5.76 Å². The van der Waals surface area contributed by atoms with Crippen LogP contribution in [0.5, 0.6) is 0 Å². The Bertz CT molecular complexity index is 665. The van der Waals surface area contributed by atoms with E-state index in [1.807, 2.05) is 36.9 Å². The van der Waals surface area contributed by atoms with Crippen LogP contribution in [-0.4, -0.2) is 53.0 Å². The molecule has 1 amide bonds. The Balaban J connectivity index is 1.76. The van der Waals surface area contributed by atoms with Crippen molar-refractivity contribution < 1.29 is 9.21 Å². The van der Waals surface area contributed by atoms with Gasteiger partial charge in [-0.15, -0.1) is 0 Å². The molecule has 0 aromatic carbocycles. The Hall–Kier alpha value is -2.01. The van der Waals surface area contributed by atoms with E-state index in [9.17, 15) is 4.79 Å². The van der Waals surface area contributed by atoms with E-state index in [4.69, 9.17) is 4.42 Å². The van der Waals surface area contributed by atoms with Crippen molar-refractivity contribution in [1.29, 1.82) is 0 Å². The molecule has 3 rings (SSSR count). The molecule has 0 spiro atoms. The summed E-state index contributed by atoms with van der Waals surface area (Å²) in [4.78, 5) is 17.2. The largest absolute Gasteiger partial charge is 0.467 e. The molecule has 2 aromatic rings. The highest BCUT2D eigenvalue weighted by molar-refractivity contribution is 5.95. The molecule has 5 nitrogen and oxygen atoms in total. The summed E-state index contributed by atoms with van der Waals surface area (Å²) < 4.78 is 7.58. The third kappa shape index (κ3) is 3.20. The van der Waals surface area contributed by atoms with Crippen molar-refractivity contribution in [3.05, 3.63) is 47.2 Å². The number of carbonyl (C=O) groups excluding carboxylic acids is 1. The first kappa shape index (κ1) is 15.9. The molecule has 5 heteroatoms. The SMILES string of the molecule is CCN1CCN(C(=O)c2cc(C)n(Cc3ccco3)c2C)CC1. The molecule has 0 aliphatic carbocycles. The van der Waals surface area contributed by atoms with E-state index in [2.05, 4.69) is 16.4 Å². The van der Waals surface area contributed by atoms with Gasteiger partial charge in [-0.2, -0.15) is 0 Å². The highest BCUT2D eigenvalue weighted by atomic mass is 16.3. The minimum Gasteiger partial charge on any atom is -0.467 e. The number of aryl methyl sites for hydroxylation is 1. The van der Waals surface area contributed by atoms with E-state index in [-0.39, 0.29) is 5.91 Å². The van der Waals surface area contributed by atoms with Gasteiger partial charge in [-0.3, -0.25) is 4.79 Å². The molecule has 0 unspecified atom stereocenters. The van der Waals surface area contributed by atoms with Crippen LogP contribution in [0.4, 0.5) is 0 Å². The minimum absolute atomic E-state index is 0.152. The quantitative estimate of drug-likeness (QED) is 0.870. The summed E-state index contributed by atoms with van der Waals surface area (Å²) in [5.74, 6) is 1.06. The molecular formula is C18H25N3O2. The van der Waals surface area contributed by atoms with Gasteiger partial charge in [0.25, 0.3) is 5.91 Å². The number of hydrogen-bond donors (Lipinski definition) is 0. The fourth-order valence-electron chi connectivity index (χ4n) is 3.26. The average molecular weight is 315 g/mol. The lowest BCUT2D eigenvalue weighted by Crippen LogP contribution is -2.48. The van der Waals surface area contributed by atoms with E-state index < -0.39 is 0 Å². The molecule has 0 atom stereocenters. The van der Waals surface area contributed by atoms with Crippen molar-refractivity contribution in [3.8, 4) is 0 Å². The van der Waals surface area contributed by atoms with Gasteiger partial charge in [0.05, 0.1) is 18.4 Å². The molecule has 1 aliphatic rings. The number of amides is 1. The number of nitrogens with zero attached hydrogens (tertiary/aromatic N) is 3. The van der Waals surface area contributed by atoms with E-state index >= 15 is 0 Å². The van der Waals surface area contributed by atoms with Crippen LogP contribution in [0.15, 0.2) is 28.9 Å². The second kappa shape index (κ2) is 6.62. The molecule has 0 saturated carbocycles. The first-order valence-corrected chi connectivity index (χ1v) is 8.31. The topological polar surface area (TPSA) is 41.6 Å². The lowest BCUT2D eigenvalue weighted by molar-refractivity contribution is 0.0642. The predicted octanol–water partition coefficient (Wildman–Crippen LogP) is 2.52. The first-order valence-electron chi connectivity index (χ1n) is 8.31. The lowest BCUT2D eigenvalue weighted by atomic mass is 10.2. The van der Waals surface area contributed by atoms with Crippen molar-refractivity contribution >= 4 is 5.91 Å². The Kier molecular flexibility index (Phi) is 4.57. The smallest absolute Gasteiger partial charge is 0.255 e. The maximum Gasteiger partial charge on any atom is 0.255 e. The van der Waals surface area contributed by atoms with Crippen molar-refractivity contribution in [2.75, 3.05) is 32.7 Å². The maximum atomic E-state index is 12.9. The van der Waals surface area contributed by atoms with Crippen LogP contribution in [0.25, 0.3) is 0 Å². The number of likely N-dealkylation sites (N-methyl/N-ethyl adjacent to an activating group) is 1. The molecular weight excluding hydrogens is 290 g/mol. The Labute approximate surface area is 137 Å². The van der Waals surface area contributed by atoms with Gasteiger partial charge >= 0.3 is 0 Å². The zero-order valence-corrected chi connectivity index (χ0v) is 14.2. The van der Waals surface area contributed by atoms with Crippen molar-refractivity contribution in [3.63, 3.8) is 0 Å². The predicted molar refractivity (Wildman–Crippen MR) is 89.7 cm³/mol. The average Bonchev–Trinajstić information content (AvgIpc) is 3.18. The van der Waals surface area contributed by atoms with Gasteiger partial charge in [-0.1, -0.05) is 6.92 Å². The molecule has 0 radical (unpaired) electrons. The molecule has 0 bridgehead atoms. The Morgan fingerprint density at radius 3 is 2.57 bits per heavy atom. The molecule has 1 aliphatic heterocycles. The lowest BCUT2D eigenvalue weighted by Gasteiger charge is -2.34. The first-order chi connectivity index (χ1) is 11.1. The summed E-state index contributed by atoms with van der Waals surface area (Å²) in [6.07, 6.45) is 1.68. The molecule has 2 aromatic heterocycles. The van der Waals surface area contributed by atoms with Gasteiger partial charge in [0, 0.05) is 37.6 Å². The van der Waals surface area contributed by atoms with Gasteiger partial charge in [-0.05, 0) is 38.6 Å². The van der Waals surface area contributed by atoms with Crippen LogP contribution >= 0.6 is 0 Å². The monoisotopic (exact) mass is 315 g/mol. The molecule has 0 N–H and O–H groups in total. The third-order valence-corrected chi connectivity index (χ3v) is 4.80. The molecule has 1 fully saturated rings. The minimum atomic E-state index is 0.152. The number of piperazine rings is 1.